The van der Waals surface area contributed by atoms with Crippen molar-refractivity contribution in [3.05, 3.63) is 64.9 Å². The molecule has 3 aromatic rings. The fraction of sp³-hybridized carbons (Fsp3) is 0.167. The Kier molecular flexibility index (Phi) is 5.40. The minimum absolute atomic E-state index is 0.106. The number of carbonyl (C=O) groups is 1. The molecule has 0 saturated heterocycles. The van der Waals surface area contributed by atoms with Gasteiger partial charge in [0.25, 0.3) is 0 Å². The first-order chi connectivity index (χ1) is 12.0. The van der Waals surface area contributed by atoms with E-state index >= 15 is 0 Å². The van der Waals surface area contributed by atoms with Gasteiger partial charge in [-0.3, -0.25) is 9.36 Å². The summed E-state index contributed by atoms with van der Waals surface area (Å²) in [6, 6.07) is 13.3. The van der Waals surface area contributed by atoms with E-state index in [4.69, 9.17) is 16.3 Å². The van der Waals surface area contributed by atoms with Gasteiger partial charge >= 0.3 is 5.97 Å². The van der Waals surface area contributed by atoms with Gasteiger partial charge < -0.3 is 4.74 Å². The molecule has 0 fully saturated rings. The molecule has 0 N–H and O–H groups in total. The van der Waals surface area contributed by atoms with E-state index in [0.29, 0.717) is 15.9 Å². The van der Waals surface area contributed by atoms with Gasteiger partial charge in [-0.1, -0.05) is 47.1 Å². The van der Waals surface area contributed by atoms with Crippen molar-refractivity contribution < 1.29 is 9.53 Å². The molecule has 0 aliphatic rings. The molecule has 0 amide bonds. The van der Waals surface area contributed by atoms with Gasteiger partial charge in [0.2, 0.25) is 0 Å². The van der Waals surface area contributed by atoms with Crippen LogP contribution in [-0.2, 0) is 4.79 Å². The molecule has 25 heavy (non-hydrogen) atoms. The molecule has 0 aliphatic heterocycles. The van der Waals surface area contributed by atoms with Crippen molar-refractivity contribution in [3.63, 3.8) is 0 Å². The van der Waals surface area contributed by atoms with E-state index in [-0.39, 0.29) is 5.75 Å². The Morgan fingerprint density at radius 2 is 1.88 bits per heavy atom. The Labute approximate surface area is 155 Å². The maximum Gasteiger partial charge on any atom is 0.321 e. The van der Waals surface area contributed by atoms with Crippen molar-refractivity contribution in [1.82, 2.24) is 14.8 Å². The number of thioether (sulfide) groups is 1. The molecule has 5 nitrogen and oxygen atoms in total. The Hall–Kier alpha value is -2.31. The van der Waals surface area contributed by atoms with Crippen LogP contribution in [0.5, 0.6) is 5.75 Å². The highest BCUT2D eigenvalue weighted by Gasteiger charge is 2.13. The molecule has 3 rings (SSSR count). The van der Waals surface area contributed by atoms with E-state index in [2.05, 4.69) is 10.2 Å². The third kappa shape index (κ3) is 4.41. The molecule has 2 aromatic carbocycles. The molecule has 0 atom stereocenters. The number of ether oxygens (including phenoxy) is 1. The summed E-state index contributed by atoms with van der Waals surface area (Å²) in [6.07, 6.45) is 1.62. The summed E-state index contributed by atoms with van der Waals surface area (Å²) in [6.45, 7) is 3.94. The highest BCUT2D eigenvalue weighted by atomic mass is 35.5. The third-order valence-corrected chi connectivity index (χ3v) is 4.69. The van der Waals surface area contributed by atoms with Gasteiger partial charge in [0.15, 0.2) is 5.16 Å². The summed E-state index contributed by atoms with van der Waals surface area (Å²) in [5, 5.41) is 9.03. The van der Waals surface area contributed by atoms with Gasteiger partial charge in [0, 0.05) is 5.69 Å². The van der Waals surface area contributed by atoms with Crippen molar-refractivity contribution in [3.8, 4) is 11.4 Å². The summed E-state index contributed by atoms with van der Waals surface area (Å²) >= 11 is 7.31. The first kappa shape index (κ1) is 17.5. The molecule has 1 aromatic heterocycles. The average Bonchev–Trinajstić information content (AvgIpc) is 3.05. The van der Waals surface area contributed by atoms with Crippen LogP contribution in [0.2, 0.25) is 5.02 Å². The number of rotatable bonds is 5. The zero-order valence-electron chi connectivity index (χ0n) is 13.8. The molecule has 0 unspecified atom stereocenters. The molecule has 1 heterocycles. The Morgan fingerprint density at radius 3 is 2.64 bits per heavy atom. The Bertz CT molecular complexity index is 894. The third-order valence-electron chi connectivity index (χ3n) is 3.46. The zero-order chi connectivity index (χ0) is 17.8. The van der Waals surface area contributed by atoms with Crippen LogP contribution in [0.1, 0.15) is 11.1 Å². The lowest BCUT2D eigenvalue weighted by atomic mass is 10.2. The van der Waals surface area contributed by atoms with Crippen molar-refractivity contribution in [1.29, 1.82) is 0 Å². The molecule has 7 heteroatoms. The van der Waals surface area contributed by atoms with Crippen molar-refractivity contribution >= 4 is 29.3 Å². The first-order valence-corrected chi connectivity index (χ1v) is 8.96. The Morgan fingerprint density at radius 1 is 1.16 bits per heavy atom. The second-order valence-electron chi connectivity index (χ2n) is 5.52. The molecule has 0 bridgehead atoms. The molecule has 0 aliphatic carbocycles. The van der Waals surface area contributed by atoms with Crippen molar-refractivity contribution in [2.45, 2.75) is 19.0 Å². The van der Waals surface area contributed by atoms with E-state index in [0.717, 1.165) is 11.3 Å². The van der Waals surface area contributed by atoms with Gasteiger partial charge in [0.05, 0.1) is 10.8 Å². The predicted molar refractivity (Wildman–Crippen MR) is 98.6 cm³/mol. The predicted octanol–water partition coefficient (Wildman–Crippen LogP) is 4.24. The SMILES string of the molecule is Cc1ccc(-n2cnnc2SCC(=O)Oc2cc(C)ccc2Cl)cc1. The summed E-state index contributed by atoms with van der Waals surface area (Å²) in [5.74, 6) is 0.0812. The molecule has 0 spiro atoms. The van der Waals surface area contributed by atoms with Crippen molar-refractivity contribution in [2.24, 2.45) is 0 Å². The van der Waals surface area contributed by atoms with Crippen LogP contribution in [-0.4, -0.2) is 26.5 Å². The largest absolute Gasteiger partial charge is 0.424 e. The molecular formula is C18H16ClN3O2S. The monoisotopic (exact) mass is 373 g/mol. The van der Waals surface area contributed by atoms with E-state index < -0.39 is 5.97 Å². The van der Waals surface area contributed by atoms with E-state index in [9.17, 15) is 4.79 Å². The molecule has 128 valence electrons. The maximum absolute atomic E-state index is 12.1. The normalized spacial score (nSPS) is 10.7. The van der Waals surface area contributed by atoms with E-state index in [1.54, 1.807) is 18.5 Å². The molecule has 0 saturated carbocycles. The van der Waals surface area contributed by atoms with Crippen LogP contribution in [0.25, 0.3) is 5.69 Å². The standard InChI is InChI=1S/C18H16ClN3O2S/c1-12-3-6-14(7-4-12)22-11-20-21-18(22)25-10-17(23)24-16-9-13(2)5-8-15(16)19/h3-9,11H,10H2,1-2H3. The Balaban J connectivity index is 1.66. The van der Waals surface area contributed by atoms with Crippen molar-refractivity contribution in [2.75, 3.05) is 5.75 Å². The number of hydrogen-bond donors (Lipinski definition) is 0. The zero-order valence-corrected chi connectivity index (χ0v) is 15.3. The number of esters is 1. The van der Waals surface area contributed by atoms with Crippen LogP contribution in [0, 0.1) is 13.8 Å². The van der Waals surface area contributed by atoms with Crippen LogP contribution in [0.3, 0.4) is 0 Å². The second kappa shape index (κ2) is 7.72. The highest BCUT2D eigenvalue weighted by molar-refractivity contribution is 7.99. The topological polar surface area (TPSA) is 57.0 Å². The first-order valence-electron chi connectivity index (χ1n) is 7.59. The van der Waals surface area contributed by atoms with E-state index in [1.807, 2.05) is 48.7 Å². The number of hydrogen-bond acceptors (Lipinski definition) is 5. The van der Waals surface area contributed by atoms with Gasteiger partial charge in [0.1, 0.15) is 12.1 Å². The average molecular weight is 374 g/mol. The fourth-order valence-corrected chi connectivity index (χ4v) is 3.03. The number of aromatic nitrogens is 3. The van der Waals surface area contributed by atoms with E-state index in [1.165, 1.54) is 17.3 Å². The summed E-state index contributed by atoms with van der Waals surface area (Å²) < 4.78 is 7.17. The van der Waals surface area contributed by atoms with Gasteiger partial charge in [-0.2, -0.15) is 0 Å². The number of aryl methyl sites for hydroxylation is 2. The summed E-state index contributed by atoms with van der Waals surface area (Å²) in [7, 11) is 0. The number of benzene rings is 2. The lowest BCUT2D eigenvalue weighted by Crippen LogP contribution is -2.11. The van der Waals surface area contributed by atoms with Gasteiger partial charge in [-0.25, -0.2) is 0 Å². The smallest absolute Gasteiger partial charge is 0.321 e. The fourth-order valence-electron chi connectivity index (χ4n) is 2.17. The quantitative estimate of drug-likeness (QED) is 0.380. The summed E-state index contributed by atoms with van der Waals surface area (Å²) in [5.41, 5.74) is 3.08. The molecular weight excluding hydrogens is 358 g/mol. The minimum atomic E-state index is -0.393. The lowest BCUT2D eigenvalue weighted by Gasteiger charge is -2.08. The second-order valence-corrected chi connectivity index (χ2v) is 6.87. The number of carbonyl (C=O) groups excluding carboxylic acids is 1. The maximum atomic E-state index is 12.1. The minimum Gasteiger partial charge on any atom is -0.424 e. The van der Waals surface area contributed by atoms with Crippen LogP contribution < -0.4 is 4.74 Å². The van der Waals surface area contributed by atoms with Crippen LogP contribution in [0.4, 0.5) is 0 Å². The van der Waals surface area contributed by atoms with Gasteiger partial charge in [-0.15, -0.1) is 10.2 Å². The highest BCUT2D eigenvalue weighted by Crippen LogP contribution is 2.26. The molecule has 0 radical (unpaired) electrons. The number of nitrogens with zero attached hydrogens (tertiary/aromatic N) is 3. The number of halogens is 1. The van der Waals surface area contributed by atoms with Gasteiger partial charge in [-0.05, 0) is 43.7 Å². The lowest BCUT2D eigenvalue weighted by molar-refractivity contribution is -0.131. The van der Waals surface area contributed by atoms with Crippen LogP contribution >= 0.6 is 23.4 Å². The summed E-state index contributed by atoms with van der Waals surface area (Å²) in [4.78, 5) is 12.1. The van der Waals surface area contributed by atoms with Crippen LogP contribution in [0.15, 0.2) is 53.9 Å².